The predicted octanol–water partition coefficient (Wildman–Crippen LogP) is 0.543. The summed E-state index contributed by atoms with van der Waals surface area (Å²) >= 11 is 1.47. The van der Waals surface area contributed by atoms with E-state index >= 15 is 0 Å². The highest BCUT2D eigenvalue weighted by Crippen LogP contribution is 2.30. The van der Waals surface area contributed by atoms with Crippen molar-refractivity contribution in [3.05, 3.63) is 0 Å². The van der Waals surface area contributed by atoms with Gasteiger partial charge in [0, 0.05) is 0 Å². The lowest BCUT2D eigenvalue weighted by Crippen LogP contribution is -2.49. The lowest BCUT2D eigenvalue weighted by molar-refractivity contribution is -0.122. The highest BCUT2D eigenvalue weighted by Gasteiger charge is 2.37. The van der Waals surface area contributed by atoms with Gasteiger partial charge in [-0.3, -0.25) is 9.52 Å². The SMILES string of the molecule is CC1(C)SNC1=O. The van der Waals surface area contributed by atoms with Gasteiger partial charge in [0.15, 0.2) is 0 Å². The van der Waals surface area contributed by atoms with Gasteiger partial charge in [0.25, 0.3) is 0 Å². The molecule has 0 spiro atoms. The van der Waals surface area contributed by atoms with E-state index in [-0.39, 0.29) is 10.7 Å². The highest BCUT2D eigenvalue weighted by molar-refractivity contribution is 8.02. The molecular weight excluding hydrogens is 110 g/mol. The normalized spacial score (nSPS) is 25.7. The second-order valence-corrected chi connectivity index (χ2v) is 3.47. The largest absolute Gasteiger partial charge is 0.298 e. The third-order valence-electron chi connectivity index (χ3n) is 0.946. The Morgan fingerprint density at radius 2 is 2.14 bits per heavy atom. The summed E-state index contributed by atoms with van der Waals surface area (Å²) in [6.07, 6.45) is 0. The first-order valence-electron chi connectivity index (χ1n) is 2.11. The quantitative estimate of drug-likeness (QED) is 0.469. The maximum Gasteiger partial charge on any atom is 0.247 e. The van der Waals surface area contributed by atoms with Crippen LogP contribution in [0, 0.1) is 0 Å². The Kier molecular flexibility index (Phi) is 0.819. The number of amides is 1. The number of carbonyl (C=O) groups is 1. The van der Waals surface area contributed by atoms with Crippen LogP contribution < -0.4 is 4.72 Å². The van der Waals surface area contributed by atoms with E-state index in [2.05, 4.69) is 4.72 Å². The average Bonchev–Trinajstić information content (AvgIpc) is 1.63. The van der Waals surface area contributed by atoms with E-state index in [1.165, 1.54) is 11.9 Å². The van der Waals surface area contributed by atoms with Crippen LogP contribution in [-0.4, -0.2) is 10.7 Å². The van der Waals surface area contributed by atoms with Crippen LogP contribution in [0.3, 0.4) is 0 Å². The zero-order chi connectivity index (χ0) is 5.49. The molecule has 0 aromatic heterocycles. The number of hydrogen-bond acceptors (Lipinski definition) is 2. The van der Waals surface area contributed by atoms with Gasteiger partial charge in [-0.25, -0.2) is 0 Å². The second kappa shape index (κ2) is 1.15. The van der Waals surface area contributed by atoms with Gasteiger partial charge >= 0.3 is 0 Å². The van der Waals surface area contributed by atoms with E-state index in [9.17, 15) is 4.79 Å². The Balaban J connectivity index is 2.59. The Labute approximate surface area is 46.8 Å². The standard InChI is InChI=1S/C4H7NOS/c1-4(2)3(6)5-7-4/h1-2H3,(H,5,6). The molecule has 40 valence electrons. The van der Waals surface area contributed by atoms with E-state index in [4.69, 9.17) is 0 Å². The van der Waals surface area contributed by atoms with E-state index in [1.54, 1.807) is 0 Å². The van der Waals surface area contributed by atoms with Crippen molar-refractivity contribution in [3.63, 3.8) is 0 Å². The Morgan fingerprint density at radius 1 is 1.71 bits per heavy atom. The van der Waals surface area contributed by atoms with Crippen LogP contribution in [0.5, 0.6) is 0 Å². The third-order valence-corrected chi connectivity index (χ3v) is 1.93. The van der Waals surface area contributed by atoms with Crippen LogP contribution in [0.2, 0.25) is 0 Å². The molecular formula is C4H7NOS. The molecule has 3 heteroatoms. The molecule has 0 aromatic carbocycles. The molecule has 1 N–H and O–H groups in total. The molecule has 1 saturated heterocycles. The van der Waals surface area contributed by atoms with Crippen LogP contribution >= 0.6 is 11.9 Å². The van der Waals surface area contributed by atoms with E-state index in [0.717, 1.165) is 0 Å². The summed E-state index contributed by atoms with van der Waals surface area (Å²) in [7, 11) is 0. The van der Waals surface area contributed by atoms with Crippen molar-refractivity contribution >= 4 is 17.9 Å². The molecule has 1 heterocycles. The second-order valence-electron chi connectivity index (χ2n) is 2.04. The van der Waals surface area contributed by atoms with Crippen molar-refractivity contribution in [1.29, 1.82) is 0 Å². The van der Waals surface area contributed by atoms with Gasteiger partial charge in [0.1, 0.15) is 4.75 Å². The zero-order valence-electron chi connectivity index (χ0n) is 4.32. The molecule has 0 unspecified atom stereocenters. The van der Waals surface area contributed by atoms with E-state index < -0.39 is 0 Å². The van der Waals surface area contributed by atoms with Crippen LogP contribution in [-0.2, 0) is 4.79 Å². The maximum atomic E-state index is 10.4. The van der Waals surface area contributed by atoms with Gasteiger partial charge < -0.3 is 0 Å². The molecule has 1 fully saturated rings. The summed E-state index contributed by atoms with van der Waals surface area (Å²) in [5.74, 6) is 0.137. The van der Waals surface area contributed by atoms with Gasteiger partial charge in [0.05, 0.1) is 0 Å². The summed E-state index contributed by atoms with van der Waals surface area (Å²) in [6, 6.07) is 0. The van der Waals surface area contributed by atoms with Crippen molar-refractivity contribution in [2.45, 2.75) is 18.6 Å². The topological polar surface area (TPSA) is 29.1 Å². The monoisotopic (exact) mass is 117 g/mol. The van der Waals surface area contributed by atoms with Gasteiger partial charge in [0.2, 0.25) is 5.91 Å². The molecule has 2 nitrogen and oxygen atoms in total. The fraction of sp³-hybridized carbons (Fsp3) is 0.750. The minimum atomic E-state index is -0.153. The van der Waals surface area contributed by atoms with Crippen molar-refractivity contribution in [2.24, 2.45) is 0 Å². The van der Waals surface area contributed by atoms with Gasteiger partial charge in [-0.1, -0.05) is 0 Å². The van der Waals surface area contributed by atoms with Crippen LogP contribution in [0.1, 0.15) is 13.8 Å². The molecule has 1 rings (SSSR count). The third kappa shape index (κ3) is 0.608. The molecule has 1 amide bonds. The van der Waals surface area contributed by atoms with Crippen LogP contribution in [0.15, 0.2) is 0 Å². The van der Waals surface area contributed by atoms with Gasteiger partial charge in [-0.15, -0.1) is 0 Å². The van der Waals surface area contributed by atoms with Gasteiger partial charge in [-0.05, 0) is 25.8 Å². The van der Waals surface area contributed by atoms with Crippen molar-refractivity contribution < 1.29 is 4.79 Å². The summed E-state index contributed by atoms with van der Waals surface area (Å²) in [6.45, 7) is 3.80. The minimum Gasteiger partial charge on any atom is -0.298 e. The molecule has 0 radical (unpaired) electrons. The number of nitrogens with one attached hydrogen (secondary N) is 1. The fourth-order valence-electron chi connectivity index (χ4n) is 0.297. The van der Waals surface area contributed by atoms with E-state index in [1.807, 2.05) is 13.8 Å². The summed E-state index contributed by atoms with van der Waals surface area (Å²) in [5, 5.41) is 0. The zero-order valence-corrected chi connectivity index (χ0v) is 5.13. The first-order valence-corrected chi connectivity index (χ1v) is 2.93. The van der Waals surface area contributed by atoms with Crippen molar-refractivity contribution in [2.75, 3.05) is 0 Å². The molecule has 1 aliphatic rings. The highest BCUT2D eigenvalue weighted by atomic mass is 32.2. The lowest BCUT2D eigenvalue weighted by atomic mass is 10.2. The Morgan fingerprint density at radius 3 is 2.14 bits per heavy atom. The smallest absolute Gasteiger partial charge is 0.247 e. The summed E-state index contributed by atoms with van der Waals surface area (Å²) < 4.78 is 2.42. The molecule has 7 heavy (non-hydrogen) atoms. The average molecular weight is 117 g/mol. The number of carbonyl (C=O) groups excluding carboxylic acids is 1. The molecule has 0 aliphatic carbocycles. The molecule has 0 atom stereocenters. The Bertz CT molecular complexity index is 110. The fourth-order valence-corrected chi connectivity index (χ4v) is 0.890. The maximum absolute atomic E-state index is 10.4. The number of hydrogen-bond donors (Lipinski definition) is 1. The van der Waals surface area contributed by atoms with Crippen LogP contribution in [0.25, 0.3) is 0 Å². The minimum absolute atomic E-state index is 0.137. The number of rotatable bonds is 0. The van der Waals surface area contributed by atoms with E-state index in [0.29, 0.717) is 0 Å². The lowest BCUT2D eigenvalue weighted by Gasteiger charge is -2.31. The molecule has 0 aromatic rings. The molecule has 0 saturated carbocycles. The summed E-state index contributed by atoms with van der Waals surface area (Å²) in [4.78, 5) is 10.4. The predicted molar refractivity (Wildman–Crippen MR) is 29.8 cm³/mol. The van der Waals surface area contributed by atoms with Crippen molar-refractivity contribution in [1.82, 2.24) is 4.72 Å². The van der Waals surface area contributed by atoms with Crippen molar-refractivity contribution in [3.8, 4) is 0 Å². The Hall–Kier alpha value is -0.180. The first kappa shape index (κ1) is 4.97. The first-order chi connectivity index (χ1) is 3.13. The summed E-state index contributed by atoms with van der Waals surface area (Å²) in [5.41, 5.74) is 0. The van der Waals surface area contributed by atoms with Crippen LogP contribution in [0.4, 0.5) is 0 Å². The van der Waals surface area contributed by atoms with Gasteiger partial charge in [-0.2, -0.15) is 0 Å². The molecule has 1 aliphatic heterocycles. The molecule has 0 bridgehead atoms.